The number of rotatable bonds is 7. The van der Waals surface area contributed by atoms with E-state index in [-0.39, 0.29) is 0 Å². The molecule has 0 radical (unpaired) electrons. The lowest BCUT2D eigenvalue weighted by Gasteiger charge is -2.35. The summed E-state index contributed by atoms with van der Waals surface area (Å²) in [5.74, 6) is 0. The van der Waals surface area contributed by atoms with E-state index in [1.807, 2.05) is 0 Å². The SMILES string of the molecule is c1ccc(-c2ccccc2-n2c3ccccc3c3ccc(-n4c5ccccc5c5c([Si](c6ccccc6)(c6ccccc6)c6ccccc6)cccc54)cc32)cc1. The van der Waals surface area contributed by atoms with E-state index in [4.69, 9.17) is 0 Å². The van der Waals surface area contributed by atoms with Crippen molar-refractivity contribution in [3.8, 4) is 22.5 Å². The monoisotopic (exact) mass is 742 g/mol. The Bertz CT molecular complexity index is 3120. The first-order chi connectivity index (χ1) is 28.3. The van der Waals surface area contributed by atoms with E-state index in [2.05, 4.69) is 240 Å². The highest BCUT2D eigenvalue weighted by molar-refractivity contribution is 7.20. The fraction of sp³-hybridized carbons (Fsp3) is 0. The summed E-state index contributed by atoms with van der Waals surface area (Å²) in [5.41, 5.74) is 9.50. The van der Waals surface area contributed by atoms with E-state index in [0.29, 0.717) is 0 Å². The summed E-state index contributed by atoms with van der Waals surface area (Å²) in [7, 11) is -2.84. The van der Waals surface area contributed by atoms with Crippen LogP contribution in [0.1, 0.15) is 0 Å². The van der Waals surface area contributed by atoms with E-state index in [1.54, 1.807) is 0 Å². The summed E-state index contributed by atoms with van der Waals surface area (Å²) in [6.45, 7) is 0. The Labute approximate surface area is 333 Å². The standard InChI is InChI=1S/C54H38N2Si/c1-5-20-39(21-6-1)44-28-13-16-31-48(44)56-49-32-17-14-29-45(49)46-37-36-40(38-52(46)56)55-50-33-18-15-30-47(50)54-51(55)34-19-35-53(54)57(41-22-7-2-8-23-41,42-24-9-3-10-25-42)43-26-11-4-12-27-43/h1-38H. The maximum absolute atomic E-state index is 2.84. The molecule has 2 heterocycles. The first-order valence-corrected chi connectivity index (χ1v) is 21.7. The Hall–Kier alpha value is -7.20. The molecule has 0 N–H and O–H groups in total. The lowest BCUT2D eigenvalue weighted by Crippen LogP contribution is -2.74. The molecule has 3 heteroatoms. The van der Waals surface area contributed by atoms with Crippen molar-refractivity contribution >= 4 is 72.4 Å². The summed E-state index contributed by atoms with van der Waals surface area (Å²) in [5, 5.41) is 10.6. The molecule has 268 valence electrons. The molecule has 0 fully saturated rings. The molecule has 0 atom stereocenters. The molecule has 11 rings (SSSR count). The van der Waals surface area contributed by atoms with Gasteiger partial charge in [-0.1, -0.05) is 194 Å². The van der Waals surface area contributed by atoms with Crippen molar-refractivity contribution in [2.24, 2.45) is 0 Å². The molecule has 2 aromatic heterocycles. The van der Waals surface area contributed by atoms with Gasteiger partial charge in [-0.15, -0.1) is 0 Å². The summed E-state index contributed by atoms with van der Waals surface area (Å²) < 4.78 is 4.97. The molecule has 0 bridgehead atoms. The van der Waals surface area contributed by atoms with E-state index < -0.39 is 8.07 Å². The zero-order valence-electron chi connectivity index (χ0n) is 31.3. The molecule has 57 heavy (non-hydrogen) atoms. The molecular weight excluding hydrogens is 705 g/mol. The van der Waals surface area contributed by atoms with Crippen molar-refractivity contribution in [3.05, 3.63) is 231 Å². The molecule has 0 amide bonds. The van der Waals surface area contributed by atoms with E-state index in [9.17, 15) is 0 Å². The van der Waals surface area contributed by atoms with Gasteiger partial charge in [0.15, 0.2) is 8.07 Å². The van der Waals surface area contributed by atoms with Gasteiger partial charge in [0.2, 0.25) is 0 Å². The summed E-state index contributed by atoms with van der Waals surface area (Å²) in [6.07, 6.45) is 0. The Balaban J connectivity index is 1.24. The highest BCUT2D eigenvalue weighted by atomic mass is 28.3. The zero-order chi connectivity index (χ0) is 37.8. The second-order valence-corrected chi connectivity index (χ2v) is 18.6. The minimum atomic E-state index is -2.84. The van der Waals surface area contributed by atoms with Crippen LogP contribution in [0.4, 0.5) is 0 Å². The normalized spacial score (nSPS) is 11.9. The smallest absolute Gasteiger partial charge is 0.180 e. The van der Waals surface area contributed by atoms with Crippen LogP contribution in [0.3, 0.4) is 0 Å². The Morgan fingerprint density at radius 1 is 0.316 bits per heavy atom. The number of aromatic nitrogens is 2. The van der Waals surface area contributed by atoms with Gasteiger partial charge < -0.3 is 9.13 Å². The minimum Gasteiger partial charge on any atom is -0.309 e. The van der Waals surface area contributed by atoms with Crippen LogP contribution in [0.15, 0.2) is 231 Å². The third-order valence-corrected chi connectivity index (χ3v) is 16.7. The molecular formula is C54H38N2Si. The molecule has 0 saturated carbocycles. The van der Waals surface area contributed by atoms with Crippen LogP contribution in [0.2, 0.25) is 0 Å². The number of fused-ring (bicyclic) bond motifs is 6. The summed E-state index contributed by atoms with van der Waals surface area (Å²) >= 11 is 0. The van der Waals surface area contributed by atoms with Crippen LogP contribution in [0.25, 0.3) is 66.1 Å². The van der Waals surface area contributed by atoms with Crippen molar-refractivity contribution < 1.29 is 0 Å². The van der Waals surface area contributed by atoms with Gasteiger partial charge in [0.05, 0.1) is 27.8 Å². The molecule has 9 aromatic carbocycles. The number of hydrogen-bond acceptors (Lipinski definition) is 0. The van der Waals surface area contributed by atoms with Gasteiger partial charge >= 0.3 is 0 Å². The first-order valence-electron chi connectivity index (χ1n) is 19.7. The average Bonchev–Trinajstić information content (AvgIpc) is 3.81. The number of nitrogens with zero attached hydrogens (tertiary/aromatic N) is 2. The number of para-hydroxylation sites is 3. The third-order valence-electron chi connectivity index (χ3n) is 11.9. The fourth-order valence-corrected chi connectivity index (χ4v) is 14.5. The third kappa shape index (κ3) is 5.10. The van der Waals surface area contributed by atoms with Crippen LogP contribution in [-0.4, -0.2) is 17.2 Å². The van der Waals surface area contributed by atoms with Gasteiger partial charge in [0.1, 0.15) is 0 Å². The number of benzene rings is 9. The van der Waals surface area contributed by atoms with E-state index in [0.717, 1.165) is 5.69 Å². The maximum atomic E-state index is 2.50. The molecule has 0 unspecified atom stereocenters. The van der Waals surface area contributed by atoms with E-state index in [1.165, 1.54) is 81.2 Å². The Morgan fingerprint density at radius 2 is 0.807 bits per heavy atom. The van der Waals surface area contributed by atoms with Crippen LogP contribution >= 0.6 is 0 Å². The van der Waals surface area contributed by atoms with Crippen LogP contribution in [0, 0.1) is 0 Å². The summed E-state index contributed by atoms with van der Waals surface area (Å²) in [4.78, 5) is 0. The molecule has 0 aliphatic rings. The van der Waals surface area contributed by atoms with Crippen molar-refractivity contribution in [2.45, 2.75) is 0 Å². The minimum absolute atomic E-state index is 1.14. The van der Waals surface area contributed by atoms with Crippen LogP contribution in [0.5, 0.6) is 0 Å². The van der Waals surface area contributed by atoms with Gasteiger partial charge in [0, 0.05) is 32.8 Å². The Morgan fingerprint density at radius 3 is 1.46 bits per heavy atom. The molecule has 0 aliphatic carbocycles. The van der Waals surface area contributed by atoms with Crippen molar-refractivity contribution in [2.75, 3.05) is 0 Å². The predicted molar refractivity (Wildman–Crippen MR) is 244 cm³/mol. The second kappa shape index (κ2) is 13.5. The second-order valence-electron chi connectivity index (χ2n) is 14.8. The van der Waals surface area contributed by atoms with Crippen LogP contribution in [-0.2, 0) is 0 Å². The highest BCUT2D eigenvalue weighted by Gasteiger charge is 2.43. The lowest BCUT2D eigenvalue weighted by atomic mass is 10.0. The zero-order valence-corrected chi connectivity index (χ0v) is 32.3. The highest BCUT2D eigenvalue weighted by Crippen LogP contribution is 2.39. The van der Waals surface area contributed by atoms with Gasteiger partial charge in [-0.2, -0.15) is 0 Å². The van der Waals surface area contributed by atoms with Crippen molar-refractivity contribution in [1.29, 1.82) is 0 Å². The molecule has 0 spiro atoms. The van der Waals surface area contributed by atoms with Crippen molar-refractivity contribution in [1.82, 2.24) is 9.13 Å². The fourth-order valence-electron chi connectivity index (χ4n) is 9.53. The molecule has 0 saturated heterocycles. The molecule has 0 aliphatic heterocycles. The first kappa shape index (κ1) is 33.2. The quantitative estimate of drug-likeness (QED) is 0.114. The average molecular weight is 743 g/mol. The van der Waals surface area contributed by atoms with Crippen molar-refractivity contribution in [3.63, 3.8) is 0 Å². The van der Waals surface area contributed by atoms with Gasteiger partial charge in [0.25, 0.3) is 0 Å². The van der Waals surface area contributed by atoms with Gasteiger partial charge in [-0.3, -0.25) is 0 Å². The predicted octanol–water partition coefficient (Wildman–Crippen LogP) is 10.9. The van der Waals surface area contributed by atoms with Crippen LogP contribution < -0.4 is 20.7 Å². The topological polar surface area (TPSA) is 9.86 Å². The van der Waals surface area contributed by atoms with Gasteiger partial charge in [-0.05, 0) is 62.7 Å². The molecule has 11 aromatic rings. The number of hydrogen-bond donors (Lipinski definition) is 0. The summed E-state index contributed by atoms with van der Waals surface area (Å²) in [6, 6.07) is 85.2. The lowest BCUT2D eigenvalue weighted by molar-refractivity contribution is 1.16. The maximum Gasteiger partial charge on any atom is 0.180 e. The van der Waals surface area contributed by atoms with E-state index >= 15 is 0 Å². The Kier molecular flexibility index (Phi) is 7.87. The molecule has 2 nitrogen and oxygen atoms in total. The largest absolute Gasteiger partial charge is 0.309 e. The van der Waals surface area contributed by atoms with Gasteiger partial charge in [-0.25, -0.2) is 0 Å².